The topological polar surface area (TPSA) is 104 Å². The molecule has 0 aliphatic carbocycles. The van der Waals surface area contributed by atoms with Gasteiger partial charge in [-0.15, -0.1) is 0 Å². The number of aromatic amines is 1. The fourth-order valence-electron chi connectivity index (χ4n) is 2.29. The van der Waals surface area contributed by atoms with Gasteiger partial charge in [0.1, 0.15) is 11.1 Å². The van der Waals surface area contributed by atoms with E-state index in [4.69, 9.17) is 4.74 Å². The summed E-state index contributed by atoms with van der Waals surface area (Å²) in [5.74, 6) is -0.188. The summed E-state index contributed by atoms with van der Waals surface area (Å²) in [6.45, 7) is 4.04. The standard InChI is InChI=1S/C16H21N3O4/c1-3-5-10(9-20)18-16(22)11-8-17-12-6-7-13(23-4-2)19-14(12)15(11)21/h6-8,10,20H,3-5,9H2,1-2H3,(H,17,21)(H,18,22). The summed E-state index contributed by atoms with van der Waals surface area (Å²) in [6.07, 6.45) is 2.82. The van der Waals surface area contributed by atoms with Gasteiger partial charge in [-0.2, -0.15) is 0 Å². The minimum absolute atomic E-state index is 0.0341. The number of rotatable bonds is 7. The summed E-state index contributed by atoms with van der Waals surface area (Å²) >= 11 is 0. The number of hydrogen-bond acceptors (Lipinski definition) is 5. The summed E-state index contributed by atoms with van der Waals surface area (Å²) in [4.78, 5) is 31.8. The lowest BCUT2D eigenvalue weighted by Crippen LogP contribution is -2.39. The minimum Gasteiger partial charge on any atom is -0.478 e. The number of hydrogen-bond donors (Lipinski definition) is 3. The monoisotopic (exact) mass is 319 g/mol. The first-order valence-corrected chi connectivity index (χ1v) is 7.67. The number of nitrogens with zero attached hydrogens (tertiary/aromatic N) is 1. The molecule has 0 radical (unpaired) electrons. The zero-order chi connectivity index (χ0) is 16.8. The van der Waals surface area contributed by atoms with Crippen molar-refractivity contribution < 1.29 is 14.6 Å². The van der Waals surface area contributed by atoms with E-state index in [1.54, 1.807) is 12.1 Å². The molecule has 124 valence electrons. The van der Waals surface area contributed by atoms with Gasteiger partial charge in [0.15, 0.2) is 0 Å². The van der Waals surface area contributed by atoms with E-state index in [0.29, 0.717) is 24.4 Å². The Labute approximate surface area is 133 Å². The number of nitrogens with one attached hydrogen (secondary N) is 2. The van der Waals surface area contributed by atoms with Crippen LogP contribution in [0.2, 0.25) is 0 Å². The summed E-state index contributed by atoms with van der Waals surface area (Å²) in [5, 5.41) is 11.9. The van der Waals surface area contributed by atoms with Crippen LogP contribution in [0.25, 0.3) is 11.0 Å². The van der Waals surface area contributed by atoms with Gasteiger partial charge >= 0.3 is 0 Å². The van der Waals surface area contributed by atoms with Crippen molar-refractivity contribution in [2.24, 2.45) is 0 Å². The second-order valence-corrected chi connectivity index (χ2v) is 5.15. The fourth-order valence-corrected chi connectivity index (χ4v) is 2.29. The Kier molecular flexibility index (Phi) is 5.70. The van der Waals surface area contributed by atoms with E-state index >= 15 is 0 Å². The number of carbonyl (C=O) groups is 1. The van der Waals surface area contributed by atoms with Gasteiger partial charge < -0.3 is 20.1 Å². The van der Waals surface area contributed by atoms with E-state index in [2.05, 4.69) is 15.3 Å². The van der Waals surface area contributed by atoms with Gasteiger partial charge in [-0.1, -0.05) is 13.3 Å². The molecule has 0 aliphatic heterocycles. The molecule has 7 heteroatoms. The molecular weight excluding hydrogens is 298 g/mol. The summed E-state index contributed by atoms with van der Waals surface area (Å²) < 4.78 is 5.29. The number of aliphatic hydroxyl groups excluding tert-OH is 1. The number of pyridine rings is 2. The summed E-state index contributed by atoms with van der Waals surface area (Å²) in [7, 11) is 0. The molecule has 7 nitrogen and oxygen atoms in total. The Balaban J connectivity index is 2.35. The van der Waals surface area contributed by atoms with Crippen LogP contribution in [-0.4, -0.2) is 40.2 Å². The molecule has 2 heterocycles. The van der Waals surface area contributed by atoms with Crippen molar-refractivity contribution in [2.75, 3.05) is 13.2 Å². The maximum atomic E-state index is 12.5. The third kappa shape index (κ3) is 3.87. The van der Waals surface area contributed by atoms with Crippen LogP contribution >= 0.6 is 0 Å². The second-order valence-electron chi connectivity index (χ2n) is 5.15. The molecule has 2 rings (SSSR count). The van der Waals surface area contributed by atoms with Crippen LogP contribution in [0.5, 0.6) is 5.88 Å². The van der Waals surface area contributed by atoms with Crippen LogP contribution in [0.4, 0.5) is 0 Å². The highest BCUT2D eigenvalue weighted by molar-refractivity contribution is 5.96. The molecule has 23 heavy (non-hydrogen) atoms. The normalized spacial score (nSPS) is 12.1. The van der Waals surface area contributed by atoms with Crippen LogP contribution in [0.1, 0.15) is 37.0 Å². The van der Waals surface area contributed by atoms with E-state index in [0.717, 1.165) is 6.42 Å². The number of aliphatic hydroxyl groups is 1. The molecule has 3 N–H and O–H groups in total. The summed E-state index contributed by atoms with van der Waals surface area (Å²) in [6, 6.07) is 2.97. The Hall–Kier alpha value is -2.41. The molecule has 0 aromatic carbocycles. The van der Waals surface area contributed by atoms with E-state index in [1.807, 2.05) is 13.8 Å². The minimum atomic E-state index is -0.524. The predicted octanol–water partition coefficient (Wildman–Crippen LogP) is 1.21. The zero-order valence-corrected chi connectivity index (χ0v) is 13.3. The number of H-pyrrole nitrogens is 1. The fraction of sp³-hybridized carbons (Fsp3) is 0.438. The molecule has 0 spiro atoms. The molecule has 2 aromatic rings. The number of fused-ring (bicyclic) bond motifs is 1. The van der Waals surface area contributed by atoms with Crippen LogP contribution in [0.15, 0.2) is 23.1 Å². The highest BCUT2D eigenvalue weighted by Gasteiger charge is 2.17. The number of aromatic nitrogens is 2. The molecule has 0 saturated heterocycles. The van der Waals surface area contributed by atoms with Crippen LogP contribution in [0, 0.1) is 0 Å². The van der Waals surface area contributed by atoms with Crippen molar-refractivity contribution in [3.8, 4) is 5.88 Å². The lowest BCUT2D eigenvalue weighted by atomic mass is 10.1. The average molecular weight is 319 g/mol. The molecular formula is C16H21N3O4. The third-order valence-corrected chi connectivity index (χ3v) is 3.43. The van der Waals surface area contributed by atoms with Gasteiger partial charge in [0.2, 0.25) is 11.3 Å². The lowest BCUT2D eigenvalue weighted by molar-refractivity contribution is 0.0911. The van der Waals surface area contributed by atoms with Gasteiger partial charge in [0.05, 0.1) is 24.8 Å². The number of carbonyl (C=O) groups excluding carboxylic acids is 1. The molecule has 1 amide bonds. The largest absolute Gasteiger partial charge is 0.478 e. The smallest absolute Gasteiger partial charge is 0.257 e. The molecule has 1 atom stereocenters. The maximum absolute atomic E-state index is 12.5. The summed E-state index contributed by atoms with van der Waals surface area (Å²) in [5.41, 5.74) is 0.182. The first kappa shape index (κ1) is 17.0. The predicted molar refractivity (Wildman–Crippen MR) is 86.8 cm³/mol. The molecule has 0 fully saturated rings. The highest BCUT2D eigenvalue weighted by atomic mass is 16.5. The van der Waals surface area contributed by atoms with Gasteiger partial charge in [-0.25, -0.2) is 4.98 Å². The van der Waals surface area contributed by atoms with Crippen molar-refractivity contribution in [1.29, 1.82) is 0 Å². The van der Waals surface area contributed by atoms with Crippen molar-refractivity contribution in [1.82, 2.24) is 15.3 Å². The Morgan fingerprint density at radius 1 is 1.43 bits per heavy atom. The number of amides is 1. The Morgan fingerprint density at radius 3 is 2.87 bits per heavy atom. The molecule has 1 unspecified atom stereocenters. The highest BCUT2D eigenvalue weighted by Crippen LogP contribution is 2.12. The number of ether oxygens (including phenoxy) is 1. The van der Waals surface area contributed by atoms with Crippen molar-refractivity contribution >= 4 is 16.9 Å². The zero-order valence-electron chi connectivity index (χ0n) is 13.3. The first-order valence-electron chi connectivity index (χ1n) is 7.67. The lowest BCUT2D eigenvalue weighted by Gasteiger charge is -2.15. The van der Waals surface area contributed by atoms with Crippen LogP contribution in [0.3, 0.4) is 0 Å². The van der Waals surface area contributed by atoms with Crippen LogP contribution in [-0.2, 0) is 0 Å². The second kappa shape index (κ2) is 7.73. The maximum Gasteiger partial charge on any atom is 0.257 e. The molecule has 0 aliphatic rings. The third-order valence-electron chi connectivity index (χ3n) is 3.43. The van der Waals surface area contributed by atoms with Crippen molar-refractivity contribution in [3.05, 3.63) is 34.1 Å². The first-order chi connectivity index (χ1) is 11.1. The molecule has 2 aromatic heterocycles. The van der Waals surface area contributed by atoms with Crippen molar-refractivity contribution in [3.63, 3.8) is 0 Å². The van der Waals surface area contributed by atoms with E-state index in [1.165, 1.54) is 6.20 Å². The van der Waals surface area contributed by atoms with Gasteiger partial charge in [-0.3, -0.25) is 9.59 Å². The van der Waals surface area contributed by atoms with Gasteiger partial charge in [-0.05, 0) is 19.4 Å². The van der Waals surface area contributed by atoms with Crippen molar-refractivity contribution in [2.45, 2.75) is 32.7 Å². The quantitative estimate of drug-likeness (QED) is 0.711. The van der Waals surface area contributed by atoms with Gasteiger partial charge in [0.25, 0.3) is 5.91 Å². The van der Waals surface area contributed by atoms with E-state index in [9.17, 15) is 14.7 Å². The molecule has 0 bridgehead atoms. The average Bonchev–Trinajstić information content (AvgIpc) is 2.55. The Bertz CT molecular complexity index is 742. The SMILES string of the molecule is CCCC(CO)NC(=O)c1c[nH]c2ccc(OCC)nc2c1=O. The molecule has 0 saturated carbocycles. The van der Waals surface area contributed by atoms with E-state index in [-0.39, 0.29) is 23.7 Å². The Morgan fingerprint density at radius 2 is 2.22 bits per heavy atom. The van der Waals surface area contributed by atoms with Crippen LogP contribution < -0.4 is 15.5 Å². The van der Waals surface area contributed by atoms with Gasteiger partial charge in [0, 0.05) is 12.3 Å². The van der Waals surface area contributed by atoms with E-state index < -0.39 is 11.3 Å².